The fourth-order valence-corrected chi connectivity index (χ4v) is 5.35. The molecule has 4 rings (SSSR count). The molecule has 0 atom stereocenters. The second kappa shape index (κ2) is 10.2. The summed E-state index contributed by atoms with van der Waals surface area (Å²) in [5.41, 5.74) is 2.15. The number of H-pyrrole nitrogens is 1. The van der Waals surface area contributed by atoms with Crippen molar-refractivity contribution in [1.82, 2.24) is 10.2 Å². The molecule has 9 heteroatoms. The number of aromatic amines is 1. The van der Waals surface area contributed by atoms with E-state index in [1.165, 1.54) is 0 Å². The van der Waals surface area contributed by atoms with E-state index in [-0.39, 0.29) is 28.3 Å². The molecule has 2 heterocycles. The molecule has 1 saturated carbocycles. The van der Waals surface area contributed by atoms with Crippen LogP contribution in [-0.4, -0.2) is 39.6 Å². The molecule has 34 heavy (non-hydrogen) atoms. The summed E-state index contributed by atoms with van der Waals surface area (Å²) in [6.45, 7) is 4.50. The molecule has 0 spiro atoms. The maximum absolute atomic E-state index is 13.3. The van der Waals surface area contributed by atoms with Crippen molar-refractivity contribution in [1.29, 1.82) is 0 Å². The Morgan fingerprint density at radius 1 is 1.15 bits per heavy atom. The average Bonchev–Trinajstić information content (AvgIpc) is 3.51. The molecule has 0 radical (unpaired) electrons. The Kier molecular flexibility index (Phi) is 7.12. The minimum absolute atomic E-state index is 0.0117. The summed E-state index contributed by atoms with van der Waals surface area (Å²) in [5, 5.41) is 19.1. The molecule has 1 aliphatic rings. The Hall–Kier alpha value is -3.46. The van der Waals surface area contributed by atoms with Gasteiger partial charge in [-0.1, -0.05) is 19.1 Å². The lowest BCUT2D eigenvalue weighted by Gasteiger charge is -2.30. The van der Waals surface area contributed by atoms with Crippen LogP contribution in [0.15, 0.2) is 42.6 Å². The highest BCUT2D eigenvalue weighted by Gasteiger charge is 2.31. The van der Waals surface area contributed by atoms with Gasteiger partial charge in [-0.15, -0.1) is 11.3 Å². The van der Waals surface area contributed by atoms with Gasteiger partial charge in [0, 0.05) is 29.2 Å². The molecular weight excluding hydrogens is 452 g/mol. The fraction of sp³-hybridized carbons (Fsp3) is 0.360. The number of aromatic carboxylic acids is 1. The summed E-state index contributed by atoms with van der Waals surface area (Å²) in [7, 11) is 0. The zero-order chi connectivity index (χ0) is 24.2. The number of anilines is 2. The first kappa shape index (κ1) is 23.7. The highest BCUT2D eigenvalue weighted by atomic mass is 32.1. The maximum Gasteiger partial charge on any atom is 0.348 e. The van der Waals surface area contributed by atoms with Crippen molar-refractivity contribution in [3.8, 4) is 10.4 Å². The fourth-order valence-electron chi connectivity index (χ4n) is 4.35. The molecule has 0 bridgehead atoms. The van der Waals surface area contributed by atoms with Crippen LogP contribution in [-0.2, 0) is 4.79 Å². The van der Waals surface area contributed by atoms with Crippen LogP contribution >= 0.6 is 11.3 Å². The van der Waals surface area contributed by atoms with E-state index < -0.39 is 5.97 Å². The predicted molar refractivity (Wildman–Crippen MR) is 132 cm³/mol. The lowest BCUT2D eigenvalue weighted by Crippen LogP contribution is -2.38. The largest absolute Gasteiger partial charge is 0.477 e. The number of nitrogens with one attached hydrogen (secondary N) is 2. The molecule has 1 fully saturated rings. The lowest BCUT2D eigenvalue weighted by molar-refractivity contribution is -0.123. The molecule has 0 unspecified atom stereocenters. The van der Waals surface area contributed by atoms with Crippen LogP contribution in [0.4, 0.5) is 11.4 Å². The molecule has 3 N–H and O–H groups in total. The van der Waals surface area contributed by atoms with Crippen LogP contribution < -0.4 is 10.2 Å². The minimum Gasteiger partial charge on any atom is -0.477 e. The number of carboxylic acid groups (broad SMARTS) is 1. The highest BCUT2D eigenvalue weighted by Crippen LogP contribution is 2.39. The standard InChI is InChI=1S/C25H28N4O4S/c1-3-29(24(31)17-6-4-15(2)5-7-17)20-14-21(34-22(20)25(32)33)16-8-10-18(11-9-16)27-23(30)19-12-13-26-28-19/h8-15,17H,3-7H2,1-2H3,(H,26,28)(H,27,30)(H,32,33)/t15-,17-. The second-order valence-corrected chi connectivity index (χ2v) is 9.71. The van der Waals surface area contributed by atoms with Crippen LogP contribution in [0.5, 0.6) is 0 Å². The topological polar surface area (TPSA) is 115 Å². The van der Waals surface area contributed by atoms with Crippen molar-refractivity contribution >= 4 is 40.5 Å². The number of carboxylic acids is 1. The molecule has 2 aromatic heterocycles. The summed E-state index contributed by atoms with van der Waals surface area (Å²) >= 11 is 1.15. The Labute approximate surface area is 202 Å². The van der Waals surface area contributed by atoms with Gasteiger partial charge in [-0.05, 0) is 68.4 Å². The molecule has 2 amide bonds. The number of amides is 2. The Bertz CT molecular complexity index is 1160. The van der Waals surface area contributed by atoms with Gasteiger partial charge < -0.3 is 15.3 Å². The number of aromatic nitrogens is 2. The number of nitrogens with zero attached hydrogens (tertiary/aromatic N) is 2. The molecule has 8 nitrogen and oxygen atoms in total. The van der Waals surface area contributed by atoms with Gasteiger partial charge in [0.1, 0.15) is 10.6 Å². The van der Waals surface area contributed by atoms with Crippen molar-refractivity contribution in [3.05, 3.63) is 53.2 Å². The van der Waals surface area contributed by atoms with Gasteiger partial charge in [0.05, 0.1) is 5.69 Å². The normalized spacial score (nSPS) is 17.8. The predicted octanol–water partition coefficient (Wildman–Crippen LogP) is 5.27. The third-order valence-corrected chi connectivity index (χ3v) is 7.47. The summed E-state index contributed by atoms with van der Waals surface area (Å²) in [4.78, 5) is 40.0. The van der Waals surface area contributed by atoms with Crippen LogP contribution in [0.25, 0.3) is 10.4 Å². The number of rotatable bonds is 7. The van der Waals surface area contributed by atoms with Crippen LogP contribution in [0.3, 0.4) is 0 Å². The minimum atomic E-state index is -1.04. The quantitative estimate of drug-likeness (QED) is 0.426. The number of carbonyl (C=O) groups is 3. The molecule has 178 valence electrons. The first-order chi connectivity index (χ1) is 16.4. The average molecular weight is 481 g/mol. The number of hydrogen-bond donors (Lipinski definition) is 3. The van der Waals surface area contributed by atoms with Crippen LogP contribution in [0.2, 0.25) is 0 Å². The number of hydrogen-bond acceptors (Lipinski definition) is 5. The third kappa shape index (κ3) is 5.04. The van der Waals surface area contributed by atoms with E-state index in [4.69, 9.17) is 0 Å². The van der Waals surface area contributed by atoms with Crippen molar-refractivity contribution in [2.24, 2.45) is 11.8 Å². The SMILES string of the molecule is CCN(c1cc(-c2ccc(NC(=O)c3cc[nH]n3)cc2)sc1C(=O)O)C(=O)[C@H]1CC[C@H](C)CC1. The smallest absolute Gasteiger partial charge is 0.348 e. The summed E-state index contributed by atoms with van der Waals surface area (Å²) < 4.78 is 0. The van der Waals surface area contributed by atoms with Crippen molar-refractivity contribution in [3.63, 3.8) is 0 Å². The van der Waals surface area contributed by atoms with Crippen molar-refractivity contribution in [2.45, 2.75) is 39.5 Å². The molecule has 0 aliphatic heterocycles. The summed E-state index contributed by atoms with van der Waals surface area (Å²) in [6, 6.07) is 10.5. The molecule has 0 saturated heterocycles. The molecule has 1 aliphatic carbocycles. The van der Waals surface area contributed by atoms with Crippen LogP contribution in [0.1, 0.15) is 59.7 Å². The molecule has 3 aromatic rings. The molecule has 1 aromatic carbocycles. The summed E-state index contributed by atoms with van der Waals surface area (Å²) in [5.74, 6) is -0.780. The van der Waals surface area contributed by atoms with Gasteiger partial charge in [0.15, 0.2) is 0 Å². The van der Waals surface area contributed by atoms with Crippen molar-refractivity contribution in [2.75, 3.05) is 16.8 Å². The number of carbonyl (C=O) groups excluding carboxylic acids is 2. The molecular formula is C25H28N4O4S. The van der Waals surface area contributed by atoms with E-state index in [0.717, 1.165) is 47.5 Å². The van der Waals surface area contributed by atoms with Gasteiger partial charge in [0.2, 0.25) is 5.91 Å². The van der Waals surface area contributed by atoms with E-state index in [1.807, 2.05) is 19.1 Å². The highest BCUT2D eigenvalue weighted by molar-refractivity contribution is 7.18. The first-order valence-electron chi connectivity index (χ1n) is 11.5. The van der Waals surface area contributed by atoms with E-state index in [9.17, 15) is 19.5 Å². The maximum atomic E-state index is 13.3. The van der Waals surface area contributed by atoms with Gasteiger partial charge in [0.25, 0.3) is 5.91 Å². The van der Waals surface area contributed by atoms with E-state index in [2.05, 4.69) is 22.4 Å². The lowest BCUT2D eigenvalue weighted by atomic mass is 9.82. The van der Waals surface area contributed by atoms with Crippen LogP contribution in [0, 0.1) is 11.8 Å². The van der Waals surface area contributed by atoms with Gasteiger partial charge in [-0.25, -0.2) is 4.79 Å². The van der Waals surface area contributed by atoms with E-state index in [1.54, 1.807) is 35.4 Å². The van der Waals surface area contributed by atoms with Gasteiger partial charge in [-0.2, -0.15) is 5.10 Å². The zero-order valence-electron chi connectivity index (χ0n) is 19.2. The summed E-state index contributed by atoms with van der Waals surface area (Å²) in [6.07, 6.45) is 5.32. The Morgan fingerprint density at radius 2 is 1.85 bits per heavy atom. The monoisotopic (exact) mass is 480 g/mol. The van der Waals surface area contributed by atoms with Gasteiger partial charge >= 0.3 is 5.97 Å². The Morgan fingerprint density at radius 3 is 2.44 bits per heavy atom. The number of thiophene rings is 1. The Balaban J connectivity index is 1.56. The number of benzene rings is 1. The first-order valence-corrected chi connectivity index (χ1v) is 12.3. The third-order valence-electron chi connectivity index (χ3n) is 6.31. The zero-order valence-corrected chi connectivity index (χ0v) is 20.0. The second-order valence-electron chi connectivity index (χ2n) is 8.66. The van der Waals surface area contributed by atoms with Crippen molar-refractivity contribution < 1.29 is 19.5 Å². The van der Waals surface area contributed by atoms with E-state index >= 15 is 0 Å². The van der Waals surface area contributed by atoms with Gasteiger partial charge in [-0.3, -0.25) is 14.7 Å². The van der Waals surface area contributed by atoms with E-state index in [0.29, 0.717) is 23.8 Å².